The van der Waals surface area contributed by atoms with Gasteiger partial charge in [0.25, 0.3) is 0 Å². The maximum absolute atomic E-state index is 12.5. The molecule has 1 aliphatic rings. The predicted molar refractivity (Wildman–Crippen MR) is 82.3 cm³/mol. The van der Waals surface area contributed by atoms with Crippen molar-refractivity contribution in [2.45, 2.75) is 51.0 Å². The quantitative estimate of drug-likeness (QED) is 0.842. The number of nitrogen functional groups attached to an aromatic ring is 1. The van der Waals surface area contributed by atoms with Crippen LogP contribution in [0, 0.1) is 12.3 Å². The van der Waals surface area contributed by atoms with Gasteiger partial charge < -0.3 is 5.73 Å². The van der Waals surface area contributed by atoms with Crippen LogP contribution >= 0.6 is 11.6 Å². The number of nitrogens with two attached hydrogens (primary N) is 1. The maximum Gasteiger partial charge on any atom is 0.241 e. The van der Waals surface area contributed by atoms with E-state index in [4.69, 9.17) is 17.3 Å². The number of hydrogen-bond donors (Lipinski definition) is 2. The molecule has 0 amide bonds. The van der Waals surface area contributed by atoms with E-state index in [1.807, 2.05) is 0 Å². The molecular formula is C14H21ClN2O2S. The van der Waals surface area contributed by atoms with Crippen LogP contribution in [0.1, 0.15) is 38.7 Å². The van der Waals surface area contributed by atoms with Gasteiger partial charge in [-0.2, -0.15) is 0 Å². The van der Waals surface area contributed by atoms with Crippen LogP contribution in [-0.2, 0) is 10.0 Å². The molecule has 1 aromatic rings. The summed E-state index contributed by atoms with van der Waals surface area (Å²) in [6.45, 7) is 6.04. The van der Waals surface area contributed by atoms with Gasteiger partial charge >= 0.3 is 0 Å². The number of hydrogen-bond acceptors (Lipinski definition) is 3. The van der Waals surface area contributed by atoms with E-state index in [1.54, 1.807) is 13.0 Å². The lowest BCUT2D eigenvalue weighted by molar-refractivity contribution is 0.372. The average molecular weight is 317 g/mol. The summed E-state index contributed by atoms with van der Waals surface area (Å²) in [7, 11) is -3.55. The van der Waals surface area contributed by atoms with Crippen molar-refractivity contribution in [1.29, 1.82) is 0 Å². The van der Waals surface area contributed by atoms with Gasteiger partial charge in [-0.1, -0.05) is 25.4 Å². The Morgan fingerprint density at radius 2 is 2.05 bits per heavy atom. The number of anilines is 1. The Balaban J connectivity index is 2.26. The Morgan fingerprint density at radius 1 is 1.40 bits per heavy atom. The first-order valence-electron chi connectivity index (χ1n) is 6.69. The number of benzene rings is 1. The van der Waals surface area contributed by atoms with E-state index in [0.717, 1.165) is 19.3 Å². The molecule has 2 rings (SSSR count). The van der Waals surface area contributed by atoms with Gasteiger partial charge in [-0.15, -0.1) is 0 Å². The minimum Gasteiger partial charge on any atom is -0.397 e. The molecule has 1 atom stereocenters. The van der Waals surface area contributed by atoms with Gasteiger partial charge in [-0.25, -0.2) is 13.1 Å². The third-order valence-electron chi connectivity index (χ3n) is 3.87. The van der Waals surface area contributed by atoms with Crippen LogP contribution in [-0.4, -0.2) is 14.5 Å². The minimum atomic E-state index is -3.55. The zero-order valence-corrected chi connectivity index (χ0v) is 13.6. The zero-order chi connectivity index (χ0) is 15.1. The number of aryl methyl sites for hydroxylation is 1. The maximum atomic E-state index is 12.5. The zero-order valence-electron chi connectivity index (χ0n) is 12.0. The van der Waals surface area contributed by atoms with Crippen molar-refractivity contribution in [2.24, 2.45) is 5.41 Å². The molecule has 0 saturated heterocycles. The Morgan fingerprint density at radius 3 is 2.60 bits per heavy atom. The first kappa shape index (κ1) is 15.6. The molecule has 0 bridgehead atoms. The van der Waals surface area contributed by atoms with Crippen molar-refractivity contribution in [3.8, 4) is 0 Å². The number of sulfonamides is 1. The normalized spacial score (nSPS) is 22.1. The van der Waals surface area contributed by atoms with Crippen molar-refractivity contribution < 1.29 is 8.42 Å². The molecule has 1 fully saturated rings. The van der Waals surface area contributed by atoms with E-state index in [-0.39, 0.29) is 22.0 Å². The van der Waals surface area contributed by atoms with E-state index < -0.39 is 10.0 Å². The molecule has 0 aliphatic heterocycles. The van der Waals surface area contributed by atoms with Crippen LogP contribution in [0.25, 0.3) is 0 Å². The van der Waals surface area contributed by atoms with Crippen LogP contribution in [0.4, 0.5) is 5.69 Å². The second-order valence-electron chi connectivity index (χ2n) is 6.36. The second kappa shape index (κ2) is 5.20. The highest BCUT2D eigenvalue weighted by Gasteiger charge is 2.33. The van der Waals surface area contributed by atoms with E-state index in [0.29, 0.717) is 10.6 Å². The molecule has 0 radical (unpaired) electrons. The van der Waals surface area contributed by atoms with E-state index >= 15 is 0 Å². The molecule has 1 unspecified atom stereocenters. The van der Waals surface area contributed by atoms with Gasteiger partial charge in [0.1, 0.15) is 0 Å². The van der Waals surface area contributed by atoms with Gasteiger partial charge in [0.15, 0.2) is 0 Å². The monoisotopic (exact) mass is 316 g/mol. The number of rotatable bonds is 3. The Kier molecular flexibility index (Phi) is 4.06. The SMILES string of the molecule is Cc1cc(Cl)c(N)cc1S(=O)(=O)NC1CCC(C)(C)C1. The van der Waals surface area contributed by atoms with Crippen LogP contribution in [0.5, 0.6) is 0 Å². The summed E-state index contributed by atoms with van der Waals surface area (Å²) in [5.41, 5.74) is 6.80. The fourth-order valence-electron chi connectivity index (χ4n) is 2.78. The molecule has 6 heteroatoms. The van der Waals surface area contributed by atoms with Crippen LogP contribution in [0.3, 0.4) is 0 Å². The first-order valence-corrected chi connectivity index (χ1v) is 8.55. The van der Waals surface area contributed by atoms with Crippen LogP contribution in [0.2, 0.25) is 5.02 Å². The lowest BCUT2D eigenvalue weighted by Crippen LogP contribution is -2.34. The van der Waals surface area contributed by atoms with Crippen LogP contribution < -0.4 is 10.5 Å². The number of nitrogens with one attached hydrogen (secondary N) is 1. The molecule has 4 nitrogen and oxygen atoms in total. The van der Waals surface area contributed by atoms with E-state index in [9.17, 15) is 8.42 Å². The predicted octanol–water partition coefficient (Wildman–Crippen LogP) is 3.09. The van der Waals surface area contributed by atoms with Crippen molar-refractivity contribution in [1.82, 2.24) is 4.72 Å². The van der Waals surface area contributed by atoms with Gasteiger partial charge in [-0.3, -0.25) is 0 Å². The van der Waals surface area contributed by atoms with E-state index in [1.165, 1.54) is 6.07 Å². The fourth-order valence-corrected chi connectivity index (χ4v) is 4.53. The van der Waals surface area contributed by atoms with Gasteiger partial charge in [0.2, 0.25) is 10.0 Å². The summed E-state index contributed by atoms with van der Waals surface area (Å²) in [4.78, 5) is 0.212. The highest BCUT2D eigenvalue weighted by atomic mass is 35.5. The molecule has 3 N–H and O–H groups in total. The lowest BCUT2D eigenvalue weighted by Gasteiger charge is -2.18. The Bertz CT molecular complexity index is 626. The van der Waals surface area contributed by atoms with Crippen molar-refractivity contribution >= 4 is 27.3 Å². The highest BCUT2D eigenvalue weighted by molar-refractivity contribution is 7.89. The van der Waals surface area contributed by atoms with Crippen molar-refractivity contribution in [3.05, 3.63) is 22.7 Å². The average Bonchev–Trinajstić information content (AvgIpc) is 2.62. The molecule has 0 aromatic heterocycles. The smallest absolute Gasteiger partial charge is 0.241 e. The largest absolute Gasteiger partial charge is 0.397 e. The molecule has 1 saturated carbocycles. The van der Waals surface area contributed by atoms with Crippen molar-refractivity contribution in [2.75, 3.05) is 5.73 Å². The van der Waals surface area contributed by atoms with Gasteiger partial charge in [0, 0.05) is 6.04 Å². The highest BCUT2D eigenvalue weighted by Crippen LogP contribution is 2.37. The summed E-state index contributed by atoms with van der Waals surface area (Å²) in [6, 6.07) is 3.01. The second-order valence-corrected chi connectivity index (χ2v) is 8.45. The van der Waals surface area contributed by atoms with Crippen molar-refractivity contribution in [3.63, 3.8) is 0 Å². The van der Waals surface area contributed by atoms with E-state index in [2.05, 4.69) is 18.6 Å². The lowest BCUT2D eigenvalue weighted by atomic mass is 9.92. The first-order chi connectivity index (χ1) is 9.11. The standard InChI is InChI=1S/C14H21ClN2O2S/c1-9-6-11(15)12(16)7-13(9)20(18,19)17-10-4-5-14(2,3)8-10/h6-7,10,17H,4-5,8,16H2,1-3H3. The Hall–Kier alpha value is -0.780. The summed E-state index contributed by atoms with van der Waals surface area (Å²) >= 11 is 5.90. The molecular weight excluding hydrogens is 296 g/mol. The molecule has 0 spiro atoms. The molecule has 20 heavy (non-hydrogen) atoms. The van der Waals surface area contributed by atoms with Gasteiger partial charge in [-0.05, 0) is 49.3 Å². The summed E-state index contributed by atoms with van der Waals surface area (Å²) in [5, 5.41) is 0.378. The summed E-state index contributed by atoms with van der Waals surface area (Å²) in [5.74, 6) is 0. The number of halogens is 1. The Labute approximate surface area is 125 Å². The third-order valence-corrected chi connectivity index (χ3v) is 5.86. The molecule has 1 aliphatic carbocycles. The van der Waals surface area contributed by atoms with Crippen LogP contribution in [0.15, 0.2) is 17.0 Å². The molecule has 1 aromatic carbocycles. The molecule has 0 heterocycles. The summed E-state index contributed by atoms with van der Waals surface area (Å²) < 4.78 is 27.7. The van der Waals surface area contributed by atoms with Gasteiger partial charge in [0.05, 0.1) is 15.6 Å². The fraction of sp³-hybridized carbons (Fsp3) is 0.571. The minimum absolute atomic E-state index is 0.00805. The molecule has 112 valence electrons. The topological polar surface area (TPSA) is 72.2 Å². The third kappa shape index (κ3) is 3.27. The summed E-state index contributed by atoms with van der Waals surface area (Å²) in [6.07, 6.45) is 2.75.